The first-order chi connectivity index (χ1) is 6.24. The van der Waals surface area contributed by atoms with E-state index in [2.05, 4.69) is 5.32 Å². The van der Waals surface area contributed by atoms with Crippen LogP contribution in [0.5, 0.6) is 0 Å². The van der Waals surface area contributed by atoms with Gasteiger partial charge in [0.15, 0.2) is 0 Å². The number of halogens is 3. The van der Waals surface area contributed by atoms with Gasteiger partial charge < -0.3 is 5.32 Å². The molecule has 1 aromatic rings. The molecule has 4 heteroatoms. The predicted molar refractivity (Wildman–Crippen MR) is 54.9 cm³/mol. The molecule has 70 valence electrons. The number of hydrogen-bond donors (Lipinski definition) is 1. The maximum absolute atomic E-state index is 13.0. The summed E-state index contributed by atoms with van der Waals surface area (Å²) in [6.07, 6.45) is 1.67. The van der Waals surface area contributed by atoms with Gasteiger partial charge in [0.1, 0.15) is 5.82 Å². The van der Waals surface area contributed by atoms with Crippen LogP contribution < -0.4 is 5.32 Å². The molecule has 0 amide bonds. The van der Waals surface area contributed by atoms with E-state index < -0.39 is 0 Å². The summed E-state index contributed by atoms with van der Waals surface area (Å²) in [6, 6.07) is 4.34. The summed E-state index contributed by atoms with van der Waals surface area (Å²) in [5, 5.41) is 3.32. The molecule has 0 aliphatic carbocycles. The average Bonchev–Trinajstić information content (AvgIpc) is 2.11. The molecular weight excluding hydrogens is 212 g/mol. The number of anilines is 1. The highest BCUT2D eigenvalue weighted by Gasteiger charge is 2.00. The lowest BCUT2D eigenvalue weighted by molar-refractivity contribution is 0.631. The van der Waals surface area contributed by atoms with Crippen molar-refractivity contribution < 1.29 is 4.39 Å². The van der Waals surface area contributed by atoms with Gasteiger partial charge in [-0.25, -0.2) is 4.39 Å². The maximum atomic E-state index is 13.0. The third-order valence-electron chi connectivity index (χ3n) is 1.43. The molecule has 0 aromatic heterocycles. The third-order valence-corrected chi connectivity index (χ3v) is 1.84. The Morgan fingerprint density at radius 3 is 2.92 bits per heavy atom. The molecular formula is C9H8Cl2FN. The molecule has 0 radical (unpaired) electrons. The van der Waals surface area contributed by atoms with Gasteiger partial charge in [0, 0.05) is 17.1 Å². The zero-order valence-corrected chi connectivity index (χ0v) is 8.24. The molecule has 13 heavy (non-hydrogen) atoms. The van der Waals surface area contributed by atoms with Crippen molar-refractivity contribution in [2.75, 3.05) is 11.9 Å². The van der Waals surface area contributed by atoms with E-state index in [9.17, 15) is 4.39 Å². The molecule has 1 N–H and O–H groups in total. The van der Waals surface area contributed by atoms with Gasteiger partial charge in [-0.3, -0.25) is 0 Å². The second-order valence-corrected chi connectivity index (χ2v) is 3.06. The van der Waals surface area contributed by atoms with Crippen LogP contribution in [0.15, 0.2) is 29.8 Å². The molecule has 1 aromatic carbocycles. The minimum absolute atomic E-state index is 0.327. The third kappa shape index (κ3) is 3.25. The smallest absolute Gasteiger partial charge is 0.146 e. The summed E-state index contributed by atoms with van der Waals surface area (Å²) in [6.45, 7) is 0.473. The Balaban J connectivity index is 2.69. The molecule has 0 saturated carbocycles. The standard InChI is InChI=1S/C9H8Cl2FN/c10-4-1-5-13-9-6-7(11)2-3-8(9)12/h1-4,6,13H,5H2/b4-1+. The molecule has 0 saturated heterocycles. The van der Waals surface area contributed by atoms with E-state index in [1.54, 1.807) is 6.08 Å². The summed E-state index contributed by atoms with van der Waals surface area (Å²) in [7, 11) is 0. The van der Waals surface area contributed by atoms with Gasteiger partial charge in [0.25, 0.3) is 0 Å². The van der Waals surface area contributed by atoms with Gasteiger partial charge in [-0.05, 0) is 18.2 Å². The van der Waals surface area contributed by atoms with Crippen molar-refractivity contribution in [3.05, 3.63) is 40.7 Å². The van der Waals surface area contributed by atoms with Crippen LogP contribution in [0.25, 0.3) is 0 Å². The first kappa shape index (κ1) is 10.4. The Bertz CT molecular complexity index is 312. The summed E-state index contributed by atoms with van der Waals surface area (Å²) in [5.74, 6) is -0.327. The van der Waals surface area contributed by atoms with Crippen molar-refractivity contribution in [2.45, 2.75) is 0 Å². The van der Waals surface area contributed by atoms with Crippen molar-refractivity contribution >= 4 is 28.9 Å². The highest BCUT2D eigenvalue weighted by Crippen LogP contribution is 2.19. The fraction of sp³-hybridized carbons (Fsp3) is 0.111. The van der Waals surface area contributed by atoms with Crippen molar-refractivity contribution in [3.8, 4) is 0 Å². The van der Waals surface area contributed by atoms with E-state index in [1.807, 2.05) is 0 Å². The van der Waals surface area contributed by atoms with Crippen molar-refractivity contribution in [2.24, 2.45) is 0 Å². The molecule has 0 atom stereocenters. The molecule has 0 heterocycles. The predicted octanol–water partition coefficient (Wildman–Crippen LogP) is 3.64. The Kier molecular flexibility index (Phi) is 4.06. The van der Waals surface area contributed by atoms with E-state index in [-0.39, 0.29) is 5.82 Å². The van der Waals surface area contributed by atoms with Gasteiger partial charge in [-0.2, -0.15) is 0 Å². The zero-order chi connectivity index (χ0) is 9.68. The normalized spacial score (nSPS) is 10.7. The van der Waals surface area contributed by atoms with E-state index in [1.165, 1.54) is 23.7 Å². The maximum Gasteiger partial charge on any atom is 0.146 e. The minimum atomic E-state index is -0.327. The monoisotopic (exact) mass is 219 g/mol. The van der Waals surface area contributed by atoms with Crippen LogP contribution in [0, 0.1) is 5.82 Å². The Labute approximate surface area is 86.2 Å². The topological polar surface area (TPSA) is 12.0 Å². The van der Waals surface area contributed by atoms with Crippen molar-refractivity contribution in [3.63, 3.8) is 0 Å². The van der Waals surface area contributed by atoms with Crippen molar-refractivity contribution in [1.29, 1.82) is 0 Å². The Morgan fingerprint density at radius 1 is 1.46 bits per heavy atom. The number of rotatable bonds is 3. The molecule has 1 nitrogen and oxygen atoms in total. The van der Waals surface area contributed by atoms with Crippen molar-refractivity contribution in [1.82, 2.24) is 0 Å². The lowest BCUT2D eigenvalue weighted by atomic mass is 10.3. The first-order valence-corrected chi connectivity index (χ1v) is 4.49. The first-order valence-electron chi connectivity index (χ1n) is 3.68. The van der Waals surface area contributed by atoms with Gasteiger partial charge in [0.05, 0.1) is 5.69 Å². The Hall–Kier alpha value is -0.730. The summed E-state index contributed by atoms with van der Waals surface area (Å²) >= 11 is 11.0. The van der Waals surface area contributed by atoms with E-state index in [4.69, 9.17) is 23.2 Å². The minimum Gasteiger partial charge on any atom is -0.379 e. The summed E-state index contributed by atoms with van der Waals surface area (Å²) < 4.78 is 13.0. The average molecular weight is 220 g/mol. The van der Waals surface area contributed by atoms with Crippen LogP contribution >= 0.6 is 23.2 Å². The Morgan fingerprint density at radius 2 is 2.23 bits per heavy atom. The number of nitrogens with one attached hydrogen (secondary N) is 1. The molecule has 0 aliphatic rings. The van der Waals surface area contributed by atoms with E-state index in [0.717, 1.165) is 0 Å². The largest absolute Gasteiger partial charge is 0.379 e. The molecule has 0 bridgehead atoms. The lowest BCUT2D eigenvalue weighted by Crippen LogP contribution is -1.99. The second kappa shape index (κ2) is 5.10. The van der Waals surface area contributed by atoms with Gasteiger partial charge in [0.2, 0.25) is 0 Å². The van der Waals surface area contributed by atoms with Gasteiger partial charge >= 0.3 is 0 Å². The molecule has 0 spiro atoms. The van der Waals surface area contributed by atoms with Crippen LogP contribution in [0.3, 0.4) is 0 Å². The highest BCUT2D eigenvalue weighted by atomic mass is 35.5. The fourth-order valence-corrected chi connectivity index (χ4v) is 1.11. The SMILES string of the molecule is Fc1ccc(Cl)cc1NC/C=C/Cl. The van der Waals surface area contributed by atoms with Gasteiger partial charge in [-0.1, -0.05) is 29.3 Å². The van der Waals surface area contributed by atoms with E-state index in [0.29, 0.717) is 17.3 Å². The van der Waals surface area contributed by atoms with Gasteiger partial charge in [-0.15, -0.1) is 0 Å². The summed E-state index contributed by atoms with van der Waals surface area (Å²) in [4.78, 5) is 0. The molecule has 0 unspecified atom stereocenters. The molecule has 0 aliphatic heterocycles. The molecule has 1 rings (SSSR count). The summed E-state index contributed by atoms with van der Waals surface area (Å²) in [5.41, 5.74) is 1.75. The number of benzene rings is 1. The van der Waals surface area contributed by atoms with Crippen LogP contribution in [0.1, 0.15) is 0 Å². The second-order valence-electron chi connectivity index (χ2n) is 2.37. The highest BCUT2D eigenvalue weighted by molar-refractivity contribution is 6.30. The number of hydrogen-bond acceptors (Lipinski definition) is 1. The zero-order valence-electron chi connectivity index (χ0n) is 6.73. The fourth-order valence-electron chi connectivity index (χ4n) is 0.846. The quantitative estimate of drug-likeness (QED) is 0.819. The molecule has 0 fully saturated rings. The lowest BCUT2D eigenvalue weighted by Gasteiger charge is -2.04. The van der Waals surface area contributed by atoms with Crippen LogP contribution in [0.4, 0.5) is 10.1 Å². The van der Waals surface area contributed by atoms with E-state index >= 15 is 0 Å². The van der Waals surface area contributed by atoms with Crippen LogP contribution in [-0.2, 0) is 0 Å². The van der Waals surface area contributed by atoms with Crippen LogP contribution in [-0.4, -0.2) is 6.54 Å². The van der Waals surface area contributed by atoms with Crippen LogP contribution in [0.2, 0.25) is 5.02 Å².